The van der Waals surface area contributed by atoms with E-state index in [9.17, 15) is 0 Å². The summed E-state index contributed by atoms with van der Waals surface area (Å²) in [6.07, 6.45) is 4.93. The molecule has 0 atom stereocenters. The predicted octanol–water partition coefficient (Wildman–Crippen LogP) is 1.73. The molecule has 96 valence electrons. The van der Waals surface area contributed by atoms with E-state index in [1.54, 1.807) is 0 Å². The van der Waals surface area contributed by atoms with E-state index >= 15 is 0 Å². The fourth-order valence-electron chi connectivity index (χ4n) is 2.50. The van der Waals surface area contributed by atoms with Crippen molar-refractivity contribution in [2.24, 2.45) is 5.41 Å². The normalized spacial score (nSPS) is 18.3. The van der Waals surface area contributed by atoms with E-state index in [4.69, 9.17) is 11.6 Å². The largest absolute Gasteiger partial charge is 0.368 e. The number of nitrogens with one attached hydrogen (secondary N) is 1. The van der Waals surface area contributed by atoms with Crippen LogP contribution in [0.15, 0.2) is 12.1 Å². The summed E-state index contributed by atoms with van der Waals surface area (Å²) in [5, 5.41) is 18.8. The fraction of sp³-hybridized carbons (Fsp3) is 0.636. The van der Waals surface area contributed by atoms with Gasteiger partial charge in [0.1, 0.15) is 5.82 Å². The summed E-state index contributed by atoms with van der Waals surface area (Å²) in [5.74, 6) is 1.49. The van der Waals surface area contributed by atoms with Gasteiger partial charge in [-0.3, -0.25) is 0 Å². The van der Waals surface area contributed by atoms with Crippen molar-refractivity contribution in [3.63, 3.8) is 0 Å². The van der Waals surface area contributed by atoms with Gasteiger partial charge >= 0.3 is 0 Å². The number of fused-ring (bicyclic) bond motifs is 1. The van der Waals surface area contributed by atoms with E-state index < -0.39 is 0 Å². The monoisotopic (exact) mass is 266 g/mol. The van der Waals surface area contributed by atoms with Crippen LogP contribution in [0, 0.1) is 5.41 Å². The summed E-state index contributed by atoms with van der Waals surface area (Å²) >= 11 is 6.11. The Balaban J connectivity index is 1.72. The molecule has 0 bridgehead atoms. The molecular weight excluding hydrogens is 252 g/mol. The van der Waals surface area contributed by atoms with E-state index in [0.717, 1.165) is 12.4 Å². The first kappa shape index (κ1) is 11.6. The minimum Gasteiger partial charge on any atom is -0.368 e. The molecule has 7 heteroatoms. The second-order valence-electron chi connectivity index (χ2n) is 4.94. The first-order valence-corrected chi connectivity index (χ1v) is 6.70. The number of aromatic nitrogens is 5. The maximum atomic E-state index is 6.11. The van der Waals surface area contributed by atoms with Crippen LogP contribution in [0.1, 0.15) is 25.7 Å². The lowest BCUT2D eigenvalue weighted by Crippen LogP contribution is -2.29. The van der Waals surface area contributed by atoms with E-state index in [1.165, 1.54) is 30.3 Å². The second-order valence-corrected chi connectivity index (χ2v) is 5.21. The van der Waals surface area contributed by atoms with Gasteiger partial charge in [0.15, 0.2) is 5.65 Å². The summed E-state index contributed by atoms with van der Waals surface area (Å²) in [4.78, 5) is 0. The molecule has 1 aliphatic rings. The van der Waals surface area contributed by atoms with Crippen molar-refractivity contribution in [1.82, 2.24) is 25.3 Å². The highest BCUT2D eigenvalue weighted by Gasteiger charge is 2.32. The van der Waals surface area contributed by atoms with Gasteiger partial charge in [-0.05, 0) is 35.4 Å². The van der Waals surface area contributed by atoms with E-state index in [0.29, 0.717) is 11.5 Å². The standard InChI is InChI=1S/C11H15ClN6/c12-7-11(5-1-2-6-11)8-13-9-3-4-10-14-16-17-18(10)15-9/h3-4H,1-2,5-8H2,(H,13,15). The van der Waals surface area contributed by atoms with Gasteiger partial charge in [-0.1, -0.05) is 12.8 Å². The van der Waals surface area contributed by atoms with Gasteiger partial charge in [0.05, 0.1) is 0 Å². The minimum absolute atomic E-state index is 0.221. The number of nitrogens with zero attached hydrogens (tertiary/aromatic N) is 5. The van der Waals surface area contributed by atoms with Gasteiger partial charge in [-0.15, -0.1) is 26.4 Å². The van der Waals surface area contributed by atoms with E-state index in [1.807, 2.05) is 12.1 Å². The summed E-state index contributed by atoms with van der Waals surface area (Å²) in [6.45, 7) is 0.858. The van der Waals surface area contributed by atoms with Gasteiger partial charge in [-0.25, -0.2) is 0 Å². The number of halogens is 1. The fourth-order valence-corrected chi connectivity index (χ4v) is 2.87. The molecule has 0 unspecified atom stereocenters. The third-order valence-corrected chi connectivity index (χ3v) is 4.23. The van der Waals surface area contributed by atoms with E-state index in [-0.39, 0.29) is 5.41 Å². The van der Waals surface area contributed by atoms with Crippen LogP contribution in [0.5, 0.6) is 0 Å². The lowest BCUT2D eigenvalue weighted by atomic mass is 9.88. The molecule has 1 aliphatic carbocycles. The predicted molar refractivity (Wildman–Crippen MR) is 68.7 cm³/mol. The Morgan fingerprint density at radius 1 is 1.33 bits per heavy atom. The molecule has 2 aromatic rings. The molecule has 0 amide bonds. The van der Waals surface area contributed by atoms with E-state index in [2.05, 4.69) is 25.9 Å². The molecule has 1 saturated carbocycles. The van der Waals surface area contributed by atoms with Crippen LogP contribution in [0.4, 0.5) is 5.82 Å². The lowest BCUT2D eigenvalue weighted by molar-refractivity contribution is 0.368. The Bertz CT molecular complexity index is 533. The summed E-state index contributed by atoms with van der Waals surface area (Å²) in [6, 6.07) is 3.74. The molecule has 0 radical (unpaired) electrons. The molecule has 0 spiro atoms. The van der Waals surface area contributed by atoms with Crippen LogP contribution in [0.2, 0.25) is 0 Å². The zero-order valence-corrected chi connectivity index (χ0v) is 10.8. The first-order chi connectivity index (χ1) is 8.81. The minimum atomic E-state index is 0.221. The van der Waals surface area contributed by atoms with Gasteiger partial charge in [0.2, 0.25) is 0 Å². The van der Waals surface area contributed by atoms with Crippen molar-refractivity contribution in [3.8, 4) is 0 Å². The smallest absolute Gasteiger partial charge is 0.200 e. The zero-order chi connectivity index (χ0) is 12.4. The third-order valence-electron chi connectivity index (χ3n) is 3.66. The van der Waals surface area contributed by atoms with Gasteiger partial charge in [0, 0.05) is 17.8 Å². The highest BCUT2D eigenvalue weighted by atomic mass is 35.5. The van der Waals surface area contributed by atoms with Crippen LogP contribution in [0.3, 0.4) is 0 Å². The Kier molecular flexibility index (Phi) is 3.03. The molecule has 2 heterocycles. The molecule has 0 aromatic carbocycles. The van der Waals surface area contributed by atoms with Crippen molar-refractivity contribution < 1.29 is 0 Å². The highest BCUT2D eigenvalue weighted by molar-refractivity contribution is 6.18. The van der Waals surface area contributed by atoms with Gasteiger partial charge in [0.25, 0.3) is 0 Å². The molecule has 6 nitrogen and oxygen atoms in total. The Morgan fingerprint density at radius 2 is 2.17 bits per heavy atom. The van der Waals surface area contributed by atoms with Crippen LogP contribution in [0.25, 0.3) is 5.65 Å². The van der Waals surface area contributed by atoms with Crippen molar-refractivity contribution in [3.05, 3.63) is 12.1 Å². The average Bonchev–Trinajstić information content (AvgIpc) is 3.05. The SMILES string of the molecule is ClCC1(CNc2ccc3nnnn3n2)CCCC1. The number of tetrazole rings is 1. The lowest BCUT2D eigenvalue weighted by Gasteiger charge is -2.26. The van der Waals surface area contributed by atoms with Crippen molar-refractivity contribution in [1.29, 1.82) is 0 Å². The Morgan fingerprint density at radius 3 is 2.94 bits per heavy atom. The molecule has 0 saturated heterocycles. The highest BCUT2D eigenvalue weighted by Crippen LogP contribution is 2.39. The zero-order valence-electron chi connectivity index (χ0n) is 10.0. The molecule has 3 rings (SSSR count). The molecule has 2 aromatic heterocycles. The second kappa shape index (κ2) is 4.68. The summed E-state index contributed by atoms with van der Waals surface area (Å²) in [5.41, 5.74) is 0.868. The summed E-state index contributed by atoms with van der Waals surface area (Å²) < 4.78 is 1.42. The quantitative estimate of drug-likeness (QED) is 0.854. The molecule has 1 N–H and O–H groups in total. The topological polar surface area (TPSA) is 68.0 Å². The Labute approximate surface area is 110 Å². The van der Waals surface area contributed by atoms with Crippen LogP contribution >= 0.6 is 11.6 Å². The van der Waals surface area contributed by atoms with Crippen molar-refractivity contribution in [2.45, 2.75) is 25.7 Å². The number of alkyl halides is 1. The van der Waals surface area contributed by atoms with Crippen molar-refractivity contribution in [2.75, 3.05) is 17.7 Å². The number of anilines is 1. The molecule has 18 heavy (non-hydrogen) atoms. The first-order valence-electron chi connectivity index (χ1n) is 6.17. The molecular formula is C11H15ClN6. The van der Waals surface area contributed by atoms with Gasteiger partial charge < -0.3 is 5.32 Å². The molecule has 0 aliphatic heterocycles. The Hall–Kier alpha value is -1.43. The van der Waals surface area contributed by atoms with Crippen LogP contribution in [-0.2, 0) is 0 Å². The van der Waals surface area contributed by atoms with Crippen LogP contribution < -0.4 is 5.32 Å². The summed E-state index contributed by atoms with van der Waals surface area (Å²) in [7, 11) is 0. The maximum Gasteiger partial charge on any atom is 0.200 e. The number of hydrogen-bond donors (Lipinski definition) is 1. The third kappa shape index (κ3) is 2.12. The molecule has 1 fully saturated rings. The average molecular weight is 267 g/mol. The number of rotatable bonds is 4. The maximum absolute atomic E-state index is 6.11. The number of hydrogen-bond acceptors (Lipinski definition) is 5. The van der Waals surface area contributed by atoms with Crippen LogP contribution in [-0.4, -0.2) is 37.7 Å². The van der Waals surface area contributed by atoms with Crippen molar-refractivity contribution >= 4 is 23.1 Å². The van der Waals surface area contributed by atoms with Gasteiger partial charge in [-0.2, -0.15) is 0 Å².